The number of hydrogen-bond acceptors (Lipinski definition) is 8. The summed E-state index contributed by atoms with van der Waals surface area (Å²) in [6.45, 7) is 1.35. The number of fused-ring (bicyclic) bond motifs is 2. The molecule has 2 saturated heterocycles. The van der Waals surface area contributed by atoms with Crippen LogP contribution in [-0.2, 0) is 24.6 Å². The zero-order valence-corrected chi connectivity index (χ0v) is 29.1. The van der Waals surface area contributed by atoms with Gasteiger partial charge in [-0.15, -0.1) is 11.3 Å². The lowest BCUT2D eigenvalue weighted by molar-refractivity contribution is -0.384. The van der Waals surface area contributed by atoms with Crippen LogP contribution in [0, 0.1) is 10.1 Å². The standard InChI is InChI=1S/C34H32F2N5O9PS/c1-19(42)39-14-13-24-9-11-27(31(43)37-23-8-10-25(28(17-23)41(46)47)20-5-3-2-4-6-20)40(24)33(45)26(18-39)38-32(44)30-16-21-15-22(7-12-29(21)52-30)34(35,36)51(48,49)50/h2-8,10,12,15-17,24,26-27H,9,11,13-14,18H2,1H3,(H,37,43)(H,38,44)(H2,48,49,50)/t24-,26+,27+/m1/s1. The first kappa shape index (κ1) is 36.7. The van der Waals surface area contributed by atoms with Gasteiger partial charge in [-0.2, -0.15) is 8.78 Å². The number of anilines is 1. The minimum atomic E-state index is -5.83. The van der Waals surface area contributed by atoms with Gasteiger partial charge in [-0.25, -0.2) is 0 Å². The van der Waals surface area contributed by atoms with Gasteiger partial charge >= 0.3 is 13.3 Å². The van der Waals surface area contributed by atoms with Crippen LogP contribution < -0.4 is 10.6 Å². The third-order valence-electron chi connectivity index (χ3n) is 9.24. The number of carbonyl (C=O) groups excluding carboxylic acids is 4. The second kappa shape index (κ2) is 14.1. The lowest BCUT2D eigenvalue weighted by Crippen LogP contribution is -2.60. The van der Waals surface area contributed by atoms with Gasteiger partial charge < -0.3 is 30.2 Å². The van der Waals surface area contributed by atoms with Crippen LogP contribution in [0.1, 0.15) is 41.4 Å². The Morgan fingerprint density at radius 3 is 2.42 bits per heavy atom. The summed E-state index contributed by atoms with van der Waals surface area (Å²) in [6.07, 6.45) is 1.04. The Bertz CT molecular complexity index is 2140. The SMILES string of the molecule is CC(=O)N1CC[C@H]2CC[C@@H](C(=O)Nc3ccc(-c4ccccc4)c([N+](=O)[O-])c3)N2C(=O)[C@@H](NC(=O)c2cc3cc(C(F)(F)P(=O)(O)O)ccc3s2)C1. The Hall–Kier alpha value is -5.09. The molecule has 2 aliphatic heterocycles. The van der Waals surface area contributed by atoms with Crippen LogP contribution in [0.25, 0.3) is 21.2 Å². The Balaban J connectivity index is 1.24. The summed E-state index contributed by atoms with van der Waals surface area (Å²) in [5.41, 5.74) is -4.49. The first-order chi connectivity index (χ1) is 24.5. The van der Waals surface area contributed by atoms with E-state index >= 15 is 0 Å². The van der Waals surface area contributed by atoms with Gasteiger partial charge in [0, 0.05) is 48.1 Å². The third-order valence-corrected chi connectivity index (χ3v) is 11.3. The zero-order valence-electron chi connectivity index (χ0n) is 27.4. The number of carbonyl (C=O) groups is 4. The molecule has 2 aliphatic rings. The number of nitro groups is 1. The van der Waals surface area contributed by atoms with Crippen molar-refractivity contribution in [1.29, 1.82) is 0 Å². The highest BCUT2D eigenvalue weighted by atomic mass is 32.1. The summed E-state index contributed by atoms with van der Waals surface area (Å²) in [5, 5.41) is 17.4. The molecule has 52 heavy (non-hydrogen) atoms. The van der Waals surface area contributed by atoms with E-state index in [-0.39, 0.29) is 47.1 Å². The van der Waals surface area contributed by atoms with Gasteiger partial charge in [0.2, 0.25) is 17.7 Å². The number of thiophene rings is 1. The van der Waals surface area contributed by atoms with Crippen LogP contribution in [0.15, 0.2) is 72.8 Å². The molecule has 4 amide bonds. The highest BCUT2D eigenvalue weighted by Gasteiger charge is 2.50. The molecule has 0 radical (unpaired) electrons. The molecule has 3 heterocycles. The van der Waals surface area contributed by atoms with E-state index in [0.717, 1.165) is 23.5 Å². The molecule has 4 aromatic rings. The van der Waals surface area contributed by atoms with Crippen molar-refractivity contribution in [3.05, 3.63) is 93.4 Å². The monoisotopic (exact) mass is 755 g/mol. The molecule has 1 aromatic heterocycles. The second-order valence-electron chi connectivity index (χ2n) is 12.6. The van der Waals surface area contributed by atoms with Gasteiger partial charge in [0.1, 0.15) is 12.1 Å². The predicted molar refractivity (Wildman–Crippen MR) is 187 cm³/mol. The number of nitrogens with zero attached hydrogens (tertiary/aromatic N) is 3. The predicted octanol–water partition coefficient (Wildman–Crippen LogP) is 5.05. The lowest BCUT2D eigenvalue weighted by Gasteiger charge is -2.38. The molecule has 0 saturated carbocycles. The molecule has 0 unspecified atom stereocenters. The molecule has 0 bridgehead atoms. The van der Waals surface area contributed by atoms with Crippen LogP contribution in [0.2, 0.25) is 0 Å². The first-order valence-electron chi connectivity index (χ1n) is 16.1. The normalized spacial score (nSPS) is 19.5. The van der Waals surface area contributed by atoms with E-state index in [1.807, 2.05) is 0 Å². The summed E-state index contributed by atoms with van der Waals surface area (Å²) >= 11 is 0.899. The average Bonchev–Trinajstić information content (AvgIpc) is 3.72. The fourth-order valence-corrected chi connectivity index (χ4v) is 8.03. The summed E-state index contributed by atoms with van der Waals surface area (Å²) in [5.74, 6) is -2.32. The molecule has 6 rings (SSSR count). The number of hydrogen-bond donors (Lipinski definition) is 4. The van der Waals surface area contributed by atoms with Crippen molar-refractivity contribution in [1.82, 2.24) is 15.1 Å². The van der Waals surface area contributed by atoms with Crippen LogP contribution in [0.4, 0.5) is 20.2 Å². The van der Waals surface area contributed by atoms with E-state index in [1.165, 1.54) is 47.1 Å². The van der Waals surface area contributed by atoms with Gasteiger partial charge in [0.15, 0.2) is 0 Å². The van der Waals surface area contributed by atoms with Crippen molar-refractivity contribution < 1.29 is 47.2 Å². The Kier molecular flexibility index (Phi) is 9.98. The van der Waals surface area contributed by atoms with E-state index in [9.17, 15) is 42.6 Å². The highest BCUT2D eigenvalue weighted by molar-refractivity contribution is 7.52. The lowest BCUT2D eigenvalue weighted by atomic mass is 10.0. The summed E-state index contributed by atoms with van der Waals surface area (Å²) in [6, 6.07) is 14.5. The van der Waals surface area contributed by atoms with Crippen molar-refractivity contribution in [2.24, 2.45) is 0 Å². The van der Waals surface area contributed by atoms with E-state index < -0.39 is 59.6 Å². The fourth-order valence-electron chi connectivity index (χ4n) is 6.61. The van der Waals surface area contributed by atoms with Crippen molar-refractivity contribution in [2.45, 2.75) is 50.0 Å². The van der Waals surface area contributed by atoms with Crippen molar-refractivity contribution in [2.75, 3.05) is 18.4 Å². The van der Waals surface area contributed by atoms with Crippen molar-refractivity contribution in [3.63, 3.8) is 0 Å². The van der Waals surface area contributed by atoms with E-state index in [1.54, 1.807) is 30.3 Å². The molecular formula is C34H32F2N5O9PS. The van der Waals surface area contributed by atoms with Crippen LogP contribution in [0.3, 0.4) is 0 Å². The topological polar surface area (TPSA) is 199 Å². The summed E-state index contributed by atoms with van der Waals surface area (Å²) in [4.78, 5) is 86.4. The van der Waals surface area contributed by atoms with Gasteiger partial charge in [-0.3, -0.25) is 33.9 Å². The van der Waals surface area contributed by atoms with Crippen molar-refractivity contribution >= 4 is 64.0 Å². The zero-order chi connectivity index (χ0) is 37.5. The molecule has 14 nitrogen and oxygen atoms in total. The second-order valence-corrected chi connectivity index (χ2v) is 15.3. The first-order valence-corrected chi connectivity index (χ1v) is 18.5. The molecule has 3 atom stereocenters. The number of alkyl halides is 2. The molecular weight excluding hydrogens is 723 g/mol. The minimum absolute atomic E-state index is 0.00342. The number of nitro benzene ring substituents is 1. The van der Waals surface area contributed by atoms with Gasteiger partial charge in [-0.05, 0) is 60.5 Å². The minimum Gasteiger partial charge on any atom is -0.340 e. The molecule has 2 fully saturated rings. The number of amides is 4. The largest absolute Gasteiger partial charge is 0.399 e. The Morgan fingerprint density at radius 2 is 1.75 bits per heavy atom. The maximum absolute atomic E-state index is 14.4. The van der Waals surface area contributed by atoms with Gasteiger partial charge in [0.05, 0.1) is 15.4 Å². The van der Waals surface area contributed by atoms with Gasteiger partial charge in [0.25, 0.3) is 11.6 Å². The van der Waals surface area contributed by atoms with Gasteiger partial charge in [-0.1, -0.05) is 36.4 Å². The van der Waals surface area contributed by atoms with Crippen LogP contribution >= 0.6 is 18.9 Å². The fraction of sp³-hybridized carbons (Fsp3) is 0.294. The molecule has 272 valence electrons. The maximum Gasteiger partial charge on any atom is 0.399 e. The average molecular weight is 756 g/mol. The van der Waals surface area contributed by atoms with E-state index in [2.05, 4.69) is 10.6 Å². The number of nitrogens with one attached hydrogen (secondary N) is 2. The smallest absolute Gasteiger partial charge is 0.340 e. The van der Waals surface area contributed by atoms with Crippen LogP contribution in [-0.4, -0.2) is 79.4 Å². The van der Waals surface area contributed by atoms with E-state index in [0.29, 0.717) is 28.7 Å². The third kappa shape index (κ3) is 7.17. The molecule has 3 aromatic carbocycles. The number of halogens is 2. The number of rotatable bonds is 8. The highest BCUT2D eigenvalue weighted by Crippen LogP contribution is 2.59. The Labute approximate surface area is 298 Å². The quantitative estimate of drug-likeness (QED) is 0.108. The Morgan fingerprint density at radius 1 is 1.02 bits per heavy atom. The maximum atomic E-state index is 14.4. The summed E-state index contributed by atoms with van der Waals surface area (Å²) in [7, 11) is -5.83. The molecule has 18 heteroatoms. The van der Waals surface area contributed by atoms with Crippen molar-refractivity contribution in [3.8, 4) is 11.1 Å². The molecule has 0 aliphatic carbocycles. The number of benzene rings is 3. The molecule has 0 spiro atoms. The van der Waals surface area contributed by atoms with Crippen LogP contribution in [0.5, 0.6) is 0 Å². The molecule has 4 N–H and O–H groups in total. The summed E-state index contributed by atoms with van der Waals surface area (Å²) < 4.78 is 40.5. The van der Waals surface area contributed by atoms with E-state index in [4.69, 9.17) is 9.79 Å².